The van der Waals surface area contributed by atoms with Crippen molar-refractivity contribution in [1.29, 1.82) is 0 Å². The van der Waals surface area contributed by atoms with Crippen LogP contribution in [0.5, 0.6) is 0 Å². The van der Waals surface area contributed by atoms with Crippen LogP contribution in [-0.4, -0.2) is 52.1 Å². The summed E-state index contributed by atoms with van der Waals surface area (Å²) in [5.41, 5.74) is 0. The van der Waals surface area contributed by atoms with Gasteiger partial charge in [0, 0.05) is 12.3 Å². The fraction of sp³-hybridized carbons (Fsp3) is 1.00. The highest BCUT2D eigenvalue weighted by molar-refractivity contribution is 4.79. The number of aliphatic hydroxyl groups is 4. The molecule has 0 aromatic rings. The van der Waals surface area contributed by atoms with Gasteiger partial charge < -0.3 is 25.2 Å². The van der Waals surface area contributed by atoms with Crippen molar-refractivity contribution in [2.24, 2.45) is 5.92 Å². The molecular formula is C7H14O5. The van der Waals surface area contributed by atoms with Gasteiger partial charge in [0.2, 0.25) is 0 Å². The topological polar surface area (TPSA) is 90.2 Å². The molecule has 1 heterocycles. The summed E-state index contributed by atoms with van der Waals surface area (Å²) in [6.07, 6.45) is -2.66. The summed E-state index contributed by atoms with van der Waals surface area (Å²) in [7, 11) is 0. The van der Waals surface area contributed by atoms with Crippen LogP contribution in [0.2, 0.25) is 0 Å². The molecular weight excluding hydrogens is 164 g/mol. The second kappa shape index (κ2) is 4.15. The number of hydrogen-bond acceptors (Lipinski definition) is 5. The van der Waals surface area contributed by atoms with Crippen LogP contribution in [0.3, 0.4) is 0 Å². The zero-order valence-electron chi connectivity index (χ0n) is 6.63. The number of rotatable bonds is 2. The van der Waals surface area contributed by atoms with Crippen LogP contribution >= 0.6 is 0 Å². The molecule has 0 spiro atoms. The molecule has 0 bridgehead atoms. The van der Waals surface area contributed by atoms with E-state index >= 15 is 0 Å². The van der Waals surface area contributed by atoms with Crippen LogP contribution in [0, 0.1) is 5.92 Å². The van der Waals surface area contributed by atoms with E-state index in [1.165, 1.54) is 0 Å². The van der Waals surface area contributed by atoms with E-state index in [2.05, 4.69) is 0 Å². The van der Waals surface area contributed by atoms with Crippen molar-refractivity contribution >= 4 is 0 Å². The second-order valence-corrected chi connectivity index (χ2v) is 3.00. The van der Waals surface area contributed by atoms with Gasteiger partial charge in [0.05, 0.1) is 25.4 Å². The lowest BCUT2D eigenvalue weighted by atomic mass is 9.93. The van der Waals surface area contributed by atoms with Crippen molar-refractivity contribution in [2.45, 2.75) is 24.9 Å². The van der Waals surface area contributed by atoms with E-state index < -0.39 is 31.0 Å². The summed E-state index contributed by atoms with van der Waals surface area (Å²) in [6, 6.07) is 0. The molecule has 5 nitrogen and oxygen atoms in total. The average molecular weight is 178 g/mol. The van der Waals surface area contributed by atoms with Crippen molar-refractivity contribution in [1.82, 2.24) is 0 Å². The lowest BCUT2D eigenvalue weighted by Crippen LogP contribution is -2.44. The predicted octanol–water partition coefficient (Wildman–Crippen LogP) is -1.94. The molecule has 1 rings (SSSR count). The summed E-state index contributed by atoms with van der Waals surface area (Å²) >= 11 is 0. The van der Waals surface area contributed by atoms with E-state index in [-0.39, 0.29) is 13.0 Å². The Morgan fingerprint density at radius 2 is 2.08 bits per heavy atom. The maximum Gasteiger partial charge on any atom is 0.157 e. The SMILES string of the molecule is OC[C@@H](O)[C@H]1CO[C@H](O)C[C@H]1O. The largest absolute Gasteiger partial charge is 0.394 e. The molecule has 0 aromatic carbocycles. The quantitative estimate of drug-likeness (QED) is 0.395. The molecule has 0 saturated carbocycles. The second-order valence-electron chi connectivity index (χ2n) is 3.00. The minimum Gasteiger partial charge on any atom is -0.394 e. The van der Waals surface area contributed by atoms with Gasteiger partial charge in [0.15, 0.2) is 6.29 Å². The lowest BCUT2D eigenvalue weighted by Gasteiger charge is -2.32. The molecule has 12 heavy (non-hydrogen) atoms. The normalized spacial score (nSPS) is 39.5. The Hall–Kier alpha value is -0.200. The van der Waals surface area contributed by atoms with E-state index in [4.69, 9.17) is 20.1 Å². The van der Waals surface area contributed by atoms with Gasteiger partial charge in [-0.1, -0.05) is 0 Å². The van der Waals surface area contributed by atoms with Gasteiger partial charge in [0.25, 0.3) is 0 Å². The van der Waals surface area contributed by atoms with E-state index in [9.17, 15) is 5.11 Å². The molecule has 72 valence electrons. The third-order valence-corrected chi connectivity index (χ3v) is 2.10. The van der Waals surface area contributed by atoms with Gasteiger partial charge in [-0.3, -0.25) is 0 Å². The molecule has 1 fully saturated rings. The molecule has 5 heteroatoms. The summed E-state index contributed by atoms with van der Waals surface area (Å²) < 4.78 is 4.81. The van der Waals surface area contributed by atoms with Gasteiger partial charge in [-0.2, -0.15) is 0 Å². The highest BCUT2D eigenvalue weighted by atomic mass is 16.6. The number of hydrogen-bond donors (Lipinski definition) is 4. The minimum atomic E-state index is -0.979. The summed E-state index contributed by atoms with van der Waals surface area (Å²) in [5.74, 6) is -0.501. The number of ether oxygens (including phenoxy) is 1. The van der Waals surface area contributed by atoms with Crippen LogP contribution in [0.25, 0.3) is 0 Å². The van der Waals surface area contributed by atoms with Crippen molar-refractivity contribution in [3.8, 4) is 0 Å². The highest BCUT2D eigenvalue weighted by Crippen LogP contribution is 2.21. The average Bonchev–Trinajstić information content (AvgIpc) is 2.03. The third-order valence-electron chi connectivity index (χ3n) is 2.10. The molecule has 1 saturated heterocycles. The Kier molecular flexibility index (Phi) is 3.42. The highest BCUT2D eigenvalue weighted by Gasteiger charge is 2.33. The zero-order chi connectivity index (χ0) is 9.14. The van der Waals surface area contributed by atoms with Crippen LogP contribution in [0.15, 0.2) is 0 Å². The fourth-order valence-electron chi connectivity index (χ4n) is 1.29. The lowest BCUT2D eigenvalue weighted by molar-refractivity contribution is -0.194. The Morgan fingerprint density at radius 3 is 2.58 bits per heavy atom. The van der Waals surface area contributed by atoms with Crippen molar-refractivity contribution in [2.75, 3.05) is 13.2 Å². The third kappa shape index (κ3) is 2.15. The first kappa shape index (κ1) is 9.88. The first-order valence-electron chi connectivity index (χ1n) is 3.91. The van der Waals surface area contributed by atoms with Crippen LogP contribution < -0.4 is 0 Å². The minimum absolute atomic E-state index is 0.0735. The maximum atomic E-state index is 9.33. The molecule has 4 atom stereocenters. The molecule has 0 aromatic heterocycles. The van der Waals surface area contributed by atoms with Crippen LogP contribution in [0.4, 0.5) is 0 Å². The van der Waals surface area contributed by atoms with Gasteiger partial charge in [-0.15, -0.1) is 0 Å². The van der Waals surface area contributed by atoms with E-state index in [1.54, 1.807) is 0 Å². The monoisotopic (exact) mass is 178 g/mol. The van der Waals surface area contributed by atoms with E-state index in [0.29, 0.717) is 0 Å². The van der Waals surface area contributed by atoms with Crippen LogP contribution in [-0.2, 0) is 4.74 Å². The Labute approximate surface area is 70.2 Å². The molecule has 0 aliphatic carbocycles. The number of aliphatic hydroxyl groups excluding tert-OH is 4. The van der Waals surface area contributed by atoms with Gasteiger partial charge >= 0.3 is 0 Å². The smallest absolute Gasteiger partial charge is 0.157 e. The van der Waals surface area contributed by atoms with Crippen LogP contribution in [0.1, 0.15) is 6.42 Å². The van der Waals surface area contributed by atoms with Crippen molar-refractivity contribution < 1.29 is 25.2 Å². The summed E-state index contributed by atoms with van der Waals surface area (Å²) in [6.45, 7) is -0.328. The van der Waals surface area contributed by atoms with E-state index in [0.717, 1.165) is 0 Å². The maximum absolute atomic E-state index is 9.33. The standard InChI is InChI=1S/C7H14O5/c8-2-6(10)4-3-12-7(11)1-5(4)9/h4-11H,1-3H2/t4-,5+,6+,7-/m0/s1. The van der Waals surface area contributed by atoms with Gasteiger partial charge in [0.1, 0.15) is 0 Å². The molecule has 4 N–H and O–H groups in total. The van der Waals surface area contributed by atoms with Crippen molar-refractivity contribution in [3.05, 3.63) is 0 Å². The van der Waals surface area contributed by atoms with Gasteiger partial charge in [-0.05, 0) is 0 Å². The van der Waals surface area contributed by atoms with E-state index in [1.807, 2.05) is 0 Å². The first-order chi connectivity index (χ1) is 5.65. The molecule has 0 radical (unpaired) electrons. The Balaban J connectivity index is 2.44. The zero-order valence-corrected chi connectivity index (χ0v) is 6.63. The fourth-order valence-corrected chi connectivity index (χ4v) is 1.29. The molecule has 0 amide bonds. The Morgan fingerprint density at radius 1 is 1.42 bits per heavy atom. The molecule has 0 unspecified atom stereocenters. The molecule has 1 aliphatic heterocycles. The Bertz CT molecular complexity index is 140. The molecule has 1 aliphatic rings. The predicted molar refractivity (Wildman–Crippen MR) is 39.2 cm³/mol. The van der Waals surface area contributed by atoms with Crippen molar-refractivity contribution in [3.63, 3.8) is 0 Å². The first-order valence-corrected chi connectivity index (χ1v) is 3.91. The summed E-state index contributed by atoms with van der Waals surface area (Å²) in [5, 5.41) is 36.0. The van der Waals surface area contributed by atoms with Gasteiger partial charge in [-0.25, -0.2) is 0 Å². The summed E-state index contributed by atoms with van der Waals surface area (Å²) in [4.78, 5) is 0.